The molecule has 4 aromatic carbocycles. The molecule has 0 radical (unpaired) electrons. The SMILES string of the molecule is CCOc1ccc(C(F)(F)F)cc1C1=NC(c2ccc(Cl)cc2)C(c2ccc(Cl)cc2)N1C(=O)c1ccc(C(N2CCCCC2)N2CCCC2)cc1. The Labute approximate surface area is 312 Å². The van der Waals surface area contributed by atoms with E-state index in [2.05, 4.69) is 9.80 Å². The summed E-state index contributed by atoms with van der Waals surface area (Å²) < 4.78 is 48.5. The molecule has 0 bridgehead atoms. The van der Waals surface area contributed by atoms with E-state index in [9.17, 15) is 13.2 Å². The Morgan fingerprint density at radius 3 is 1.90 bits per heavy atom. The van der Waals surface area contributed by atoms with E-state index in [1.54, 1.807) is 31.2 Å². The third-order valence-corrected chi connectivity index (χ3v) is 10.7. The van der Waals surface area contributed by atoms with Gasteiger partial charge in [-0.05, 0) is 130 Å². The summed E-state index contributed by atoms with van der Waals surface area (Å²) in [5.74, 6) is -0.104. The van der Waals surface area contributed by atoms with Crippen molar-refractivity contribution >= 4 is 34.9 Å². The van der Waals surface area contributed by atoms with E-state index in [1.807, 2.05) is 48.5 Å². The Balaban J connectivity index is 1.35. The van der Waals surface area contributed by atoms with E-state index in [0.717, 1.165) is 80.7 Å². The number of carbonyl (C=O) groups is 1. The fourth-order valence-electron chi connectivity index (χ4n) is 7.77. The van der Waals surface area contributed by atoms with Gasteiger partial charge in [-0.25, -0.2) is 0 Å². The molecule has 3 atom stereocenters. The van der Waals surface area contributed by atoms with Gasteiger partial charge in [0.15, 0.2) is 0 Å². The lowest BCUT2D eigenvalue weighted by molar-refractivity contribution is -0.137. The molecule has 6 nitrogen and oxygen atoms in total. The number of benzene rings is 4. The Morgan fingerprint density at radius 1 is 0.788 bits per heavy atom. The molecule has 272 valence electrons. The number of aliphatic imine (C=N–C) groups is 1. The summed E-state index contributed by atoms with van der Waals surface area (Å²) in [6, 6.07) is 23.9. The van der Waals surface area contributed by atoms with Crippen LogP contribution in [0.15, 0.2) is 96.0 Å². The van der Waals surface area contributed by atoms with E-state index in [1.165, 1.54) is 17.4 Å². The zero-order valence-electron chi connectivity index (χ0n) is 29.0. The highest BCUT2D eigenvalue weighted by molar-refractivity contribution is 6.30. The van der Waals surface area contributed by atoms with Crippen molar-refractivity contribution in [3.63, 3.8) is 0 Å². The maximum atomic E-state index is 15.0. The molecule has 2 fully saturated rings. The van der Waals surface area contributed by atoms with Gasteiger partial charge in [0.25, 0.3) is 5.91 Å². The van der Waals surface area contributed by atoms with Crippen LogP contribution in [0.4, 0.5) is 13.2 Å². The second-order valence-electron chi connectivity index (χ2n) is 13.6. The number of piperidine rings is 1. The van der Waals surface area contributed by atoms with Crippen molar-refractivity contribution in [3.8, 4) is 5.75 Å². The van der Waals surface area contributed by atoms with Crippen LogP contribution in [0.3, 0.4) is 0 Å². The molecule has 1 amide bonds. The molecule has 7 rings (SSSR count). The first-order valence-corrected chi connectivity index (χ1v) is 18.7. The van der Waals surface area contributed by atoms with Gasteiger partial charge in [-0.1, -0.05) is 66.0 Å². The molecule has 0 N–H and O–H groups in total. The van der Waals surface area contributed by atoms with Crippen LogP contribution in [-0.4, -0.2) is 59.2 Å². The van der Waals surface area contributed by atoms with E-state index >= 15 is 4.79 Å². The van der Waals surface area contributed by atoms with Crippen LogP contribution in [0.2, 0.25) is 10.0 Å². The smallest absolute Gasteiger partial charge is 0.416 e. The number of hydrogen-bond acceptors (Lipinski definition) is 5. The molecule has 0 aliphatic carbocycles. The molecule has 0 aromatic heterocycles. The standard InChI is InChI=1S/C41H41Cl2F3N4O2/c1-2-52-35-21-16-31(41(44,45)46)26-34(35)38-47-36(27-12-17-32(42)18-13-27)37(28-14-19-33(43)20-15-28)50(38)40(51)30-10-8-29(9-11-30)39(49-24-6-7-25-49)48-22-4-3-5-23-48/h8-21,26,36-37,39H,2-7,22-25H2,1H3. The highest BCUT2D eigenvalue weighted by Crippen LogP contribution is 2.46. The molecule has 2 saturated heterocycles. The maximum absolute atomic E-state index is 15.0. The van der Waals surface area contributed by atoms with Crippen LogP contribution in [-0.2, 0) is 6.18 Å². The molecule has 3 aliphatic heterocycles. The Bertz CT molecular complexity index is 1890. The van der Waals surface area contributed by atoms with Gasteiger partial charge in [-0.15, -0.1) is 0 Å². The van der Waals surface area contributed by atoms with Gasteiger partial charge in [0.2, 0.25) is 0 Å². The van der Waals surface area contributed by atoms with E-state index in [-0.39, 0.29) is 29.9 Å². The minimum absolute atomic E-state index is 0.0799. The number of amidine groups is 1. The fraction of sp³-hybridized carbons (Fsp3) is 0.366. The molecule has 0 saturated carbocycles. The fourth-order valence-corrected chi connectivity index (χ4v) is 8.02. The third-order valence-electron chi connectivity index (χ3n) is 10.2. The van der Waals surface area contributed by atoms with Crippen LogP contribution < -0.4 is 4.74 Å². The van der Waals surface area contributed by atoms with Crippen molar-refractivity contribution in [2.45, 2.75) is 63.5 Å². The molecule has 3 aliphatic rings. The zero-order chi connectivity index (χ0) is 36.4. The Kier molecular flexibility index (Phi) is 10.9. The van der Waals surface area contributed by atoms with Gasteiger partial charge in [-0.2, -0.15) is 13.2 Å². The van der Waals surface area contributed by atoms with Crippen molar-refractivity contribution in [2.24, 2.45) is 4.99 Å². The summed E-state index contributed by atoms with van der Waals surface area (Å²) in [7, 11) is 0. The number of rotatable bonds is 9. The lowest BCUT2D eigenvalue weighted by Gasteiger charge is -2.40. The number of amides is 1. The summed E-state index contributed by atoms with van der Waals surface area (Å²) in [4.78, 5) is 26.7. The lowest BCUT2D eigenvalue weighted by atomic mass is 9.93. The second kappa shape index (κ2) is 15.6. The largest absolute Gasteiger partial charge is 0.493 e. The molecule has 4 aromatic rings. The number of halogens is 5. The summed E-state index contributed by atoms with van der Waals surface area (Å²) in [5, 5.41) is 1.03. The van der Waals surface area contributed by atoms with Crippen LogP contribution >= 0.6 is 23.2 Å². The normalized spacial score (nSPS) is 20.6. The van der Waals surface area contributed by atoms with E-state index in [0.29, 0.717) is 15.6 Å². The number of likely N-dealkylation sites (tertiary alicyclic amines) is 2. The minimum Gasteiger partial charge on any atom is -0.493 e. The molecule has 3 heterocycles. The van der Waals surface area contributed by atoms with Gasteiger partial charge in [-0.3, -0.25) is 24.5 Å². The average molecular weight is 750 g/mol. The van der Waals surface area contributed by atoms with E-state index in [4.69, 9.17) is 32.9 Å². The third kappa shape index (κ3) is 7.60. The first-order chi connectivity index (χ1) is 25.1. The summed E-state index contributed by atoms with van der Waals surface area (Å²) >= 11 is 12.6. The van der Waals surface area contributed by atoms with Crippen LogP contribution in [0.1, 0.15) is 95.5 Å². The topological polar surface area (TPSA) is 48.4 Å². The quantitative estimate of drug-likeness (QED) is 0.171. The second-order valence-corrected chi connectivity index (χ2v) is 14.5. The van der Waals surface area contributed by atoms with Crippen molar-refractivity contribution in [2.75, 3.05) is 32.8 Å². The van der Waals surface area contributed by atoms with Crippen molar-refractivity contribution < 1.29 is 22.7 Å². The first kappa shape index (κ1) is 36.5. The maximum Gasteiger partial charge on any atom is 0.416 e. The van der Waals surface area contributed by atoms with Gasteiger partial charge >= 0.3 is 6.18 Å². The Morgan fingerprint density at radius 2 is 1.35 bits per heavy atom. The van der Waals surface area contributed by atoms with Gasteiger partial charge < -0.3 is 4.74 Å². The molecule has 11 heteroatoms. The van der Waals surface area contributed by atoms with Crippen molar-refractivity contribution in [1.29, 1.82) is 0 Å². The van der Waals surface area contributed by atoms with Crippen LogP contribution in [0, 0.1) is 0 Å². The molecule has 52 heavy (non-hydrogen) atoms. The summed E-state index contributed by atoms with van der Waals surface area (Å²) in [6.07, 6.45) is 1.39. The molecule has 3 unspecified atom stereocenters. The zero-order valence-corrected chi connectivity index (χ0v) is 30.5. The monoisotopic (exact) mass is 748 g/mol. The lowest BCUT2D eigenvalue weighted by Crippen LogP contribution is -2.43. The average Bonchev–Trinajstić information content (AvgIpc) is 3.82. The molecular formula is C41H41Cl2F3N4O2. The van der Waals surface area contributed by atoms with Crippen molar-refractivity contribution in [3.05, 3.63) is 134 Å². The highest BCUT2D eigenvalue weighted by atomic mass is 35.5. The minimum atomic E-state index is -4.63. The van der Waals surface area contributed by atoms with Gasteiger partial charge in [0, 0.05) is 15.6 Å². The first-order valence-electron chi connectivity index (χ1n) is 18.0. The number of nitrogens with zero attached hydrogens (tertiary/aromatic N) is 4. The van der Waals surface area contributed by atoms with Crippen molar-refractivity contribution in [1.82, 2.24) is 14.7 Å². The summed E-state index contributed by atoms with van der Waals surface area (Å²) in [6.45, 7) is 6.09. The van der Waals surface area contributed by atoms with Crippen LogP contribution in [0.5, 0.6) is 5.75 Å². The number of carbonyl (C=O) groups excluding carboxylic acids is 1. The Hall–Kier alpha value is -3.89. The molecule has 0 spiro atoms. The highest BCUT2D eigenvalue weighted by Gasteiger charge is 2.44. The number of ether oxygens (including phenoxy) is 1. The van der Waals surface area contributed by atoms with Gasteiger partial charge in [0.1, 0.15) is 17.6 Å². The van der Waals surface area contributed by atoms with Gasteiger partial charge in [0.05, 0.1) is 29.9 Å². The molecular weight excluding hydrogens is 708 g/mol. The predicted molar refractivity (Wildman–Crippen MR) is 199 cm³/mol. The summed E-state index contributed by atoms with van der Waals surface area (Å²) in [5.41, 5.74) is 2.20. The number of hydrogen-bond donors (Lipinski definition) is 0. The van der Waals surface area contributed by atoms with Crippen LogP contribution in [0.25, 0.3) is 0 Å². The van der Waals surface area contributed by atoms with E-state index < -0.39 is 29.7 Å². The number of alkyl halides is 3. The predicted octanol–water partition coefficient (Wildman–Crippen LogP) is 10.4.